The summed E-state index contributed by atoms with van der Waals surface area (Å²) >= 11 is 0. The number of rotatable bonds is 18. The van der Waals surface area contributed by atoms with Gasteiger partial charge in [-0.25, -0.2) is 4.99 Å². The molecule has 24 heteroatoms. The summed E-state index contributed by atoms with van der Waals surface area (Å²) in [4.78, 5) is 160. The van der Waals surface area contributed by atoms with Crippen LogP contribution in [0.2, 0.25) is 0 Å². The van der Waals surface area contributed by atoms with Gasteiger partial charge in [-0.05, 0) is 60.9 Å². The number of carbonyl (C=O) groups is 11. The van der Waals surface area contributed by atoms with Crippen LogP contribution in [0.3, 0.4) is 0 Å². The van der Waals surface area contributed by atoms with Crippen molar-refractivity contribution in [1.82, 2.24) is 47.0 Å². The van der Waals surface area contributed by atoms with Gasteiger partial charge < -0.3 is 62.3 Å². The molecule has 4 aromatic carbocycles. The van der Waals surface area contributed by atoms with Crippen LogP contribution in [0.1, 0.15) is 77.5 Å². The maximum Gasteiger partial charge on any atom is 0.303 e. The molecule has 0 bridgehead atoms. The minimum absolute atomic E-state index is 0.0318. The lowest BCUT2D eigenvalue weighted by Gasteiger charge is -2.33. The zero-order chi connectivity index (χ0) is 63.4. The number of likely N-dealkylation sites (N-methyl/N-ethyl adjacent to an activating group) is 2. The smallest absolute Gasteiger partial charge is 0.303 e. The second-order valence-corrected chi connectivity index (χ2v) is 21.7. The first-order chi connectivity index (χ1) is 40.7. The Morgan fingerprint density at radius 2 is 1.08 bits per heavy atom. The van der Waals surface area contributed by atoms with Gasteiger partial charge in [0.15, 0.2) is 0 Å². The minimum Gasteiger partial charge on any atom is -0.481 e. The zero-order valence-corrected chi connectivity index (χ0v) is 49.4. The van der Waals surface area contributed by atoms with Crippen molar-refractivity contribution in [2.24, 2.45) is 10.9 Å². The molecule has 0 fully saturated rings. The van der Waals surface area contributed by atoms with Crippen molar-refractivity contribution in [3.05, 3.63) is 132 Å². The summed E-state index contributed by atoms with van der Waals surface area (Å²) in [7, 11) is 2.50. The summed E-state index contributed by atoms with van der Waals surface area (Å²) in [6.45, 7) is 8.04. The van der Waals surface area contributed by atoms with E-state index in [4.69, 9.17) is 0 Å². The number of carboxylic acids is 1. The maximum absolute atomic E-state index is 14.9. The molecule has 1 heterocycles. The SMILES string of the molecule is CC(=O)N[C@@H](Cc1ccccc1)C(=O)N[C@H](C(=O)N[C@H]1CC=NC(=O)[C@@H](CCC(=O)O)N(C)C(=O)[C@H](Cc2ccc(-c3ccccc3)cc2)NC(=O)[C@H](C)N(C)C(=O)[C@H](Cc2ccccc2)NC(=O)[C@H]([C@@H](C)O)NC(=O)[C@H]([C@@H](C)O)NC1=O)C(C)C. The van der Waals surface area contributed by atoms with Crippen molar-refractivity contribution in [2.45, 2.75) is 147 Å². The third-order valence-electron chi connectivity index (χ3n) is 14.6. The summed E-state index contributed by atoms with van der Waals surface area (Å²) in [6, 6.07) is 19.6. The van der Waals surface area contributed by atoms with E-state index in [0.29, 0.717) is 16.7 Å². The molecule has 4 aromatic rings. The molecule has 0 aliphatic carbocycles. The van der Waals surface area contributed by atoms with Crippen LogP contribution in [-0.2, 0) is 72.0 Å². The molecule has 86 heavy (non-hydrogen) atoms. The van der Waals surface area contributed by atoms with Gasteiger partial charge in [0.1, 0.15) is 54.4 Å². The fourth-order valence-electron chi connectivity index (χ4n) is 9.49. The molecule has 1 aliphatic rings. The number of aliphatic hydroxyl groups is 2. The molecule has 0 spiro atoms. The number of carbonyl (C=O) groups excluding carboxylic acids is 10. The molecule has 10 N–H and O–H groups in total. The van der Waals surface area contributed by atoms with Crippen LogP contribution in [-0.4, -0.2) is 177 Å². The first-order valence-electron chi connectivity index (χ1n) is 28.2. The molecule has 1 aliphatic heterocycles. The van der Waals surface area contributed by atoms with Gasteiger partial charge in [-0.15, -0.1) is 0 Å². The monoisotopic (exact) mass is 1190 g/mol. The van der Waals surface area contributed by atoms with Gasteiger partial charge >= 0.3 is 5.97 Å². The van der Waals surface area contributed by atoms with E-state index in [1.54, 1.807) is 86.6 Å². The van der Waals surface area contributed by atoms with Crippen LogP contribution >= 0.6 is 0 Å². The molecule has 0 radical (unpaired) electrons. The van der Waals surface area contributed by atoms with Crippen LogP contribution in [0, 0.1) is 5.92 Å². The highest BCUT2D eigenvalue weighted by atomic mass is 16.4. The van der Waals surface area contributed by atoms with E-state index < -0.39 is 157 Å². The number of hydrogen-bond acceptors (Lipinski definition) is 13. The largest absolute Gasteiger partial charge is 0.481 e. The number of amides is 10. The minimum atomic E-state index is -1.94. The van der Waals surface area contributed by atoms with Crippen LogP contribution in [0.4, 0.5) is 0 Å². The fraction of sp³-hybridized carbons (Fsp3) is 0.419. The summed E-state index contributed by atoms with van der Waals surface area (Å²) in [5.41, 5.74) is 3.52. The standard InChI is InChI=1S/C62H78N10O14/c1-35(2)51(68-56(80)46(64-39(6)75)32-40-18-12-9-13-19-40)58(82)65-45-30-31-63-57(81)49(28-29-50(76)77)72(8)62(86)48(34-42-24-26-44(27-25-42)43-22-16-11-17-23-43)66-54(78)36(3)71(7)61(85)47(33-41-20-14-10-15-21-41)67-59(83)52(37(4)73)70-60(84)53(38(5)74)69-55(45)79/h9-27,31,35-38,45-49,51-53,73-74H,28-30,32-34H2,1-8H3,(H,64,75)(H,65,82)(H,66,78)(H,67,83)(H,68,80)(H,69,79)(H,70,84)(H,76,77)/t36-,37+,38+,45-,46-,47-,48-,49+,51-,52-,53-/m0/s1. The Bertz CT molecular complexity index is 3050. The molecule has 10 amide bonds. The second-order valence-electron chi connectivity index (χ2n) is 21.7. The van der Waals surface area contributed by atoms with Crippen molar-refractivity contribution >= 4 is 71.3 Å². The molecule has 5 rings (SSSR count). The van der Waals surface area contributed by atoms with Gasteiger partial charge in [-0.1, -0.05) is 129 Å². The molecule has 0 aromatic heterocycles. The van der Waals surface area contributed by atoms with Gasteiger partial charge in [0, 0.05) is 59.3 Å². The number of nitrogens with zero attached hydrogens (tertiary/aromatic N) is 3. The Morgan fingerprint density at radius 1 is 0.605 bits per heavy atom. The van der Waals surface area contributed by atoms with Crippen LogP contribution in [0.25, 0.3) is 11.1 Å². The number of hydrogen-bond donors (Lipinski definition) is 10. The lowest BCUT2D eigenvalue weighted by atomic mass is 9.99. The van der Waals surface area contributed by atoms with Crippen LogP contribution < -0.4 is 37.2 Å². The van der Waals surface area contributed by atoms with Crippen LogP contribution in [0.5, 0.6) is 0 Å². The van der Waals surface area contributed by atoms with E-state index in [0.717, 1.165) is 41.0 Å². The van der Waals surface area contributed by atoms with Gasteiger partial charge in [0.2, 0.25) is 53.2 Å². The topological polar surface area (TPSA) is 352 Å². The van der Waals surface area contributed by atoms with Crippen molar-refractivity contribution in [1.29, 1.82) is 0 Å². The maximum atomic E-state index is 14.9. The lowest BCUT2D eigenvalue weighted by molar-refractivity contribution is -0.145. The highest BCUT2D eigenvalue weighted by Gasteiger charge is 2.39. The van der Waals surface area contributed by atoms with E-state index in [1.165, 1.54) is 27.9 Å². The van der Waals surface area contributed by atoms with E-state index >= 15 is 0 Å². The predicted octanol–water partition coefficient (Wildman–Crippen LogP) is 0.752. The fourth-order valence-corrected chi connectivity index (χ4v) is 9.49. The van der Waals surface area contributed by atoms with Gasteiger partial charge in [-0.2, -0.15) is 0 Å². The van der Waals surface area contributed by atoms with Crippen molar-refractivity contribution in [2.75, 3.05) is 14.1 Å². The molecule has 0 unspecified atom stereocenters. The number of nitrogens with one attached hydrogen (secondary N) is 7. The molecule has 460 valence electrons. The van der Waals surface area contributed by atoms with Crippen molar-refractivity contribution in [3.63, 3.8) is 0 Å². The van der Waals surface area contributed by atoms with E-state index in [1.807, 2.05) is 42.5 Å². The Hall–Kier alpha value is -9.16. The first kappa shape index (κ1) is 67.6. The molecule has 24 nitrogen and oxygen atoms in total. The van der Waals surface area contributed by atoms with E-state index in [9.17, 15) is 68.1 Å². The Labute approximate surface area is 499 Å². The normalized spacial score (nSPS) is 22.0. The summed E-state index contributed by atoms with van der Waals surface area (Å²) < 4.78 is 0. The summed E-state index contributed by atoms with van der Waals surface area (Å²) in [5.74, 6) is -11.4. The second kappa shape index (κ2) is 32.2. The summed E-state index contributed by atoms with van der Waals surface area (Å²) in [5, 5.41) is 49.6. The lowest BCUT2D eigenvalue weighted by Crippen LogP contribution is -2.63. The first-order valence-corrected chi connectivity index (χ1v) is 28.2. The molecule has 0 saturated carbocycles. The molecule has 0 saturated heterocycles. The number of aliphatic carboxylic acids is 1. The van der Waals surface area contributed by atoms with Crippen molar-refractivity contribution in [3.8, 4) is 11.1 Å². The van der Waals surface area contributed by atoms with Gasteiger partial charge in [0.25, 0.3) is 5.91 Å². The average Bonchev–Trinajstić information content (AvgIpc) is 2.66. The van der Waals surface area contributed by atoms with Gasteiger partial charge in [-0.3, -0.25) is 52.7 Å². The molecular formula is C62H78N10O14. The third kappa shape index (κ3) is 19.7. The third-order valence-corrected chi connectivity index (χ3v) is 14.6. The Kier molecular flexibility index (Phi) is 25.3. The average molecular weight is 1190 g/mol. The predicted molar refractivity (Wildman–Crippen MR) is 317 cm³/mol. The zero-order valence-electron chi connectivity index (χ0n) is 49.4. The highest BCUT2D eigenvalue weighted by Crippen LogP contribution is 2.21. The number of aliphatic hydroxyl groups excluding tert-OH is 2. The highest BCUT2D eigenvalue weighted by molar-refractivity contribution is 6.00. The van der Waals surface area contributed by atoms with Crippen molar-refractivity contribution < 1.29 is 68.1 Å². The number of benzene rings is 4. The molecular weight excluding hydrogens is 1110 g/mol. The Balaban J connectivity index is 1.60. The quantitative estimate of drug-likeness (QED) is 0.0658. The number of carboxylic acid groups (broad SMARTS) is 1. The van der Waals surface area contributed by atoms with E-state index in [2.05, 4.69) is 42.2 Å². The van der Waals surface area contributed by atoms with Gasteiger partial charge in [0.05, 0.1) is 12.2 Å². The summed E-state index contributed by atoms with van der Waals surface area (Å²) in [6.07, 6.45) is -4.66. The Morgan fingerprint density at radius 3 is 1.60 bits per heavy atom. The van der Waals surface area contributed by atoms with Crippen LogP contribution in [0.15, 0.2) is 120 Å². The number of aliphatic imine (C=N–C) groups is 1. The molecule has 11 atom stereocenters. The van der Waals surface area contributed by atoms with E-state index in [-0.39, 0.29) is 19.3 Å².